The van der Waals surface area contributed by atoms with E-state index in [1.54, 1.807) is 6.07 Å². The predicted molar refractivity (Wildman–Crippen MR) is 97.9 cm³/mol. The molecule has 11 heteroatoms. The Morgan fingerprint density at radius 3 is 1.97 bits per heavy atom. The molecule has 1 aliphatic heterocycles. The lowest BCUT2D eigenvalue weighted by molar-refractivity contribution is -0.269. The van der Waals surface area contributed by atoms with E-state index in [2.05, 4.69) is 0 Å². The molecule has 5 atom stereocenters. The molecule has 1 fully saturated rings. The highest BCUT2D eigenvalue weighted by Gasteiger charge is 2.52. The fraction of sp³-hybridized carbons (Fsp3) is 0.526. The molecule has 0 saturated carbocycles. The molecule has 11 nitrogen and oxygen atoms in total. The van der Waals surface area contributed by atoms with Crippen molar-refractivity contribution in [3.8, 4) is 0 Å². The Bertz CT molecular complexity index is 863. The van der Waals surface area contributed by atoms with Crippen LogP contribution in [0.25, 0.3) is 0 Å². The summed E-state index contributed by atoms with van der Waals surface area (Å²) in [6.45, 7) is 4.18. The van der Waals surface area contributed by atoms with Crippen LogP contribution in [0.3, 0.4) is 0 Å². The van der Waals surface area contributed by atoms with Gasteiger partial charge in [0, 0.05) is 40.0 Å². The monoisotopic (exact) mass is 425 g/mol. The van der Waals surface area contributed by atoms with Crippen LogP contribution in [0.5, 0.6) is 0 Å². The van der Waals surface area contributed by atoms with Crippen LogP contribution in [-0.4, -0.2) is 59.5 Å². The highest BCUT2D eigenvalue weighted by Crippen LogP contribution is 2.34. The van der Waals surface area contributed by atoms with Crippen LogP contribution in [0.15, 0.2) is 29.2 Å². The van der Waals surface area contributed by atoms with Gasteiger partial charge in [0.05, 0.1) is 0 Å². The minimum atomic E-state index is -1.33. The minimum absolute atomic E-state index is 0.365. The molecular weight excluding hydrogens is 402 g/mol. The number of aromatic nitrogens is 1. The molecule has 1 aliphatic rings. The van der Waals surface area contributed by atoms with E-state index in [9.17, 15) is 24.0 Å². The van der Waals surface area contributed by atoms with Crippen molar-refractivity contribution in [3.05, 3.63) is 34.7 Å². The van der Waals surface area contributed by atoms with E-state index >= 15 is 0 Å². The fourth-order valence-corrected chi connectivity index (χ4v) is 3.08. The first-order valence-corrected chi connectivity index (χ1v) is 9.07. The second-order valence-corrected chi connectivity index (χ2v) is 6.54. The maximum Gasteiger partial charge on any atom is 0.303 e. The molecule has 0 amide bonds. The normalized spacial score (nSPS) is 25.7. The first-order chi connectivity index (χ1) is 14.1. The summed E-state index contributed by atoms with van der Waals surface area (Å²) in [5.41, 5.74) is -0.488. The molecule has 1 aromatic rings. The smallest absolute Gasteiger partial charge is 0.303 e. The van der Waals surface area contributed by atoms with E-state index in [4.69, 9.17) is 23.7 Å². The van der Waals surface area contributed by atoms with Crippen LogP contribution in [0.2, 0.25) is 0 Å². The summed E-state index contributed by atoms with van der Waals surface area (Å²) in [5.74, 6) is -2.85. The van der Waals surface area contributed by atoms with Gasteiger partial charge >= 0.3 is 23.9 Å². The van der Waals surface area contributed by atoms with Gasteiger partial charge in [-0.15, -0.1) is 0 Å². The third-order valence-corrected chi connectivity index (χ3v) is 4.09. The lowest BCUT2D eigenvalue weighted by Gasteiger charge is -2.44. The minimum Gasteiger partial charge on any atom is -0.463 e. The zero-order valence-corrected chi connectivity index (χ0v) is 16.9. The zero-order valence-electron chi connectivity index (χ0n) is 16.9. The van der Waals surface area contributed by atoms with Gasteiger partial charge < -0.3 is 23.7 Å². The van der Waals surface area contributed by atoms with Crippen LogP contribution >= 0.6 is 0 Å². The van der Waals surface area contributed by atoms with E-state index in [1.165, 1.54) is 25.3 Å². The zero-order chi connectivity index (χ0) is 22.4. The second-order valence-electron chi connectivity index (χ2n) is 6.54. The van der Waals surface area contributed by atoms with Crippen LogP contribution in [0.1, 0.15) is 33.9 Å². The molecule has 0 aromatic carbocycles. The van der Waals surface area contributed by atoms with Crippen molar-refractivity contribution < 1.29 is 42.9 Å². The van der Waals surface area contributed by atoms with Crippen molar-refractivity contribution in [2.45, 2.75) is 58.3 Å². The van der Waals surface area contributed by atoms with Crippen molar-refractivity contribution in [2.24, 2.45) is 0 Å². The number of pyridine rings is 1. The second kappa shape index (κ2) is 10.0. The number of ether oxygens (including phenoxy) is 5. The number of carbonyl (C=O) groups is 4. The first-order valence-electron chi connectivity index (χ1n) is 9.07. The van der Waals surface area contributed by atoms with Gasteiger partial charge in [-0.2, -0.15) is 0 Å². The molecule has 0 spiro atoms. The topological polar surface area (TPSA) is 136 Å². The summed E-state index contributed by atoms with van der Waals surface area (Å²) < 4.78 is 27.9. The molecule has 1 saturated heterocycles. The van der Waals surface area contributed by atoms with E-state index in [0.29, 0.717) is 0 Å². The molecule has 0 aliphatic carbocycles. The fourth-order valence-electron chi connectivity index (χ4n) is 3.08. The Morgan fingerprint density at radius 1 is 0.867 bits per heavy atom. The summed E-state index contributed by atoms with van der Waals surface area (Å²) >= 11 is 0. The lowest BCUT2D eigenvalue weighted by atomic mass is 9.97. The van der Waals surface area contributed by atoms with Gasteiger partial charge in [-0.25, -0.2) is 0 Å². The molecule has 0 unspecified atom stereocenters. The molecule has 1 aromatic heterocycles. The number of carbonyl (C=O) groups excluding carboxylic acids is 4. The van der Waals surface area contributed by atoms with Gasteiger partial charge in [0.25, 0.3) is 5.56 Å². The summed E-state index contributed by atoms with van der Waals surface area (Å²) in [6, 6.07) is 4.31. The lowest BCUT2D eigenvalue weighted by Crippen LogP contribution is -2.61. The van der Waals surface area contributed by atoms with Crippen LogP contribution in [0, 0.1) is 0 Å². The van der Waals surface area contributed by atoms with Gasteiger partial charge in [0.1, 0.15) is 12.7 Å². The first kappa shape index (κ1) is 23.1. The van der Waals surface area contributed by atoms with Crippen LogP contribution in [-0.2, 0) is 42.9 Å². The van der Waals surface area contributed by atoms with Gasteiger partial charge in [-0.3, -0.25) is 28.5 Å². The van der Waals surface area contributed by atoms with Gasteiger partial charge in [0.15, 0.2) is 24.5 Å². The van der Waals surface area contributed by atoms with Crippen molar-refractivity contribution in [2.75, 3.05) is 6.61 Å². The van der Waals surface area contributed by atoms with Gasteiger partial charge in [-0.1, -0.05) is 6.07 Å². The molecule has 2 heterocycles. The summed E-state index contributed by atoms with van der Waals surface area (Å²) in [5, 5.41) is 0. The molecule has 164 valence electrons. The summed E-state index contributed by atoms with van der Waals surface area (Å²) in [7, 11) is 0. The third kappa shape index (κ3) is 5.89. The summed E-state index contributed by atoms with van der Waals surface area (Å²) in [4.78, 5) is 58.8. The van der Waals surface area contributed by atoms with E-state index in [1.807, 2.05) is 0 Å². The maximum atomic E-state index is 12.4. The highest BCUT2D eigenvalue weighted by molar-refractivity contribution is 5.68. The Kier molecular flexibility index (Phi) is 7.70. The predicted octanol–water partition coefficient (Wildman–Crippen LogP) is 0.104. The van der Waals surface area contributed by atoms with E-state index < -0.39 is 60.1 Å². The highest BCUT2D eigenvalue weighted by atomic mass is 16.7. The number of hydrogen-bond acceptors (Lipinski definition) is 10. The molecule has 0 N–H and O–H groups in total. The standard InChI is InChI=1S/C19H23NO10/c1-10(21)26-9-14-16(27-11(2)22)17(28-12(3)23)18(29-13(4)24)19(30-14)20-8-6-5-7-15(20)25/h5-8,14,16-19H,9H2,1-4H3/t14-,16-,17+,18-,19-/m1/s1. The third-order valence-electron chi connectivity index (χ3n) is 4.09. The van der Waals surface area contributed by atoms with Gasteiger partial charge in [0.2, 0.25) is 0 Å². The quantitative estimate of drug-likeness (QED) is 0.456. The molecular formula is C19H23NO10. The summed E-state index contributed by atoms with van der Waals surface area (Å²) in [6.07, 6.45) is -4.91. The molecule has 2 rings (SSSR count). The van der Waals surface area contributed by atoms with E-state index in [-0.39, 0.29) is 6.61 Å². The van der Waals surface area contributed by atoms with Crippen LogP contribution < -0.4 is 5.56 Å². The van der Waals surface area contributed by atoms with E-state index in [0.717, 1.165) is 25.3 Å². The van der Waals surface area contributed by atoms with Crippen molar-refractivity contribution in [1.82, 2.24) is 4.57 Å². The van der Waals surface area contributed by atoms with Crippen LogP contribution in [0.4, 0.5) is 0 Å². The van der Waals surface area contributed by atoms with Crippen molar-refractivity contribution in [3.63, 3.8) is 0 Å². The maximum absolute atomic E-state index is 12.4. The van der Waals surface area contributed by atoms with Gasteiger partial charge in [-0.05, 0) is 6.07 Å². The van der Waals surface area contributed by atoms with Crippen molar-refractivity contribution >= 4 is 23.9 Å². The SMILES string of the molecule is CC(=O)OC[C@H]1O[C@@H](n2ccccc2=O)[C@H](OC(C)=O)[C@@H](OC(C)=O)[C@@H]1OC(C)=O. The number of hydrogen-bond donors (Lipinski definition) is 0. The Hall–Kier alpha value is -3.21. The molecule has 30 heavy (non-hydrogen) atoms. The molecule has 0 radical (unpaired) electrons. The Morgan fingerprint density at radius 2 is 1.43 bits per heavy atom. The average Bonchev–Trinajstić information content (AvgIpc) is 2.63. The Labute approximate surface area is 171 Å². The number of esters is 4. The Balaban J connectivity index is 2.56. The average molecular weight is 425 g/mol. The van der Waals surface area contributed by atoms with Crippen molar-refractivity contribution in [1.29, 1.82) is 0 Å². The number of nitrogens with zero attached hydrogens (tertiary/aromatic N) is 1. The number of rotatable bonds is 6. The largest absolute Gasteiger partial charge is 0.463 e. The molecule has 0 bridgehead atoms.